The summed E-state index contributed by atoms with van der Waals surface area (Å²) in [5.74, 6) is -0.630. The Bertz CT molecular complexity index is 1140. The second kappa shape index (κ2) is 9.72. The van der Waals surface area contributed by atoms with Gasteiger partial charge in [-0.05, 0) is 38.1 Å². The molecule has 4 rings (SSSR count). The zero-order chi connectivity index (χ0) is 21.6. The summed E-state index contributed by atoms with van der Waals surface area (Å²) in [6, 6.07) is 14.7. The van der Waals surface area contributed by atoms with Gasteiger partial charge in [-0.3, -0.25) is 14.3 Å². The molecular formula is C22H22ClN5O3. The molecule has 160 valence electrons. The summed E-state index contributed by atoms with van der Waals surface area (Å²) in [6.07, 6.45) is 3.73. The lowest BCUT2D eigenvalue weighted by atomic mass is 10.2. The number of carbonyl (C=O) groups excluding carboxylic acids is 1. The molecule has 9 heteroatoms. The molecule has 31 heavy (non-hydrogen) atoms. The highest BCUT2D eigenvalue weighted by atomic mass is 35.5. The van der Waals surface area contributed by atoms with Gasteiger partial charge in [-0.15, -0.1) is 10.2 Å². The number of aromatic hydroxyl groups is 1. The van der Waals surface area contributed by atoms with Gasteiger partial charge in [-0.2, -0.15) is 0 Å². The van der Waals surface area contributed by atoms with E-state index >= 15 is 0 Å². The van der Waals surface area contributed by atoms with E-state index in [9.17, 15) is 9.90 Å². The fourth-order valence-corrected chi connectivity index (χ4v) is 3.72. The van der Waals surface area contributed by atoms with E-state index in [1.807, 2.05) is 36.4 Å². The van der Waals surface area contributed by atoms with Crippen molar-refractivity contribution in [2.24, 2.45) is 15.4 Å². The van der Waals surface area contributed by atoms with Crippen molar-refractivity contribution in [3.05, 3.63) is 59.1 Å². The van der Waals surface area contributed by atoms with Crippen LogP contribution in [0.5, 0.6) is 5.88 Å². The predicted octanol–water partition coefficient (Wildman–Crippen LogP) is 4.71. The number of amides is 1. The normalized spacial score (nSPS) is 14.9. The molecule has 0 spiro atoms. The maximum absolute atomic E-state index is 12.0. The molecule has 0 bridgehead atoms. The van der Waals surface area contributed by atoms with E-state index in [2.05, 4.69) is 20.3 Å². The average Bonchev–Trinajstić information content (AvgIpc) is 3.38. The summed E-state index contributed by atoms with van der Waals surface area (Å²) in [6.45, 7) is 2.17. The lowest BCUT2D eigenvalue weighted by Gasteiger charge is -2.17. The third-order valence-corrected chi connectivity index (χ3v) is 5.42. The van der Waals surface area contributed by atoms with Gasteiger partial charge in [0.1, 0.15) is 0 Å². The van der Waals surface area contributed by atoms with Gasteiger partial charge in [0.25, 0.3) is 0 Å². The van der Waals surface area contributed by atoms with Crippen LogP contribution in [0.25, 0.3) is 10.9 Å². The van der Waals surface area contributed by atoms with Crippen LogP contribution in [0.15, 0.2) is 63.9 Å². The van der Waals surface area contributed by atoms with Gasteiger partial charge in [0.15, 0.2) is 12.3 Å². The Balaban J connectivity index is 1.44. The van der Waals surface area contributed by atoms with Crippen molar-refractivity contribution in [2.45, 2.75) is 19.5 Å². The molecule has 2 aromatic carbocycles. The molecule has 1 aromatic heterocycles. The van der Waals surface area contributed by atoms with E-state index in [1.54, 1.807) is 16.7 Å². The first-order valence-corrected chi connectivity index (χ1v) is 10.4. The van der Waals surface area contributed by atoms with Crippen LogP contribution in [0.2, 0.25) is 5.02 Å². The fraction of sp³-hybridized carbons (Fsp3) is 0.273. The molecule has 0 unspecified atom stereocenters. The highest BCUT2D eigenvalue weighted by Crippen LogP contribution is 2.39. The molecule has 1 N–H and O–H groups in total. The van der Waals surface area contributed by atoms with Crippen LogP contribution in [-0.4, -0.2) is 46.4 Å². The molecular weight excluding hydrogens is 418 g/mol. The van der Waals surface area contributed by atoms with E-state index in [1.165, 1.54) is 6.21 Å². The third kappa shape index (κ3) is 4.92. The van der Waals surface area contributed by atoms with Crippen LogP contribution in [0.4, 0.5) is 5.69 Å². The second-order valence-corrected chi connectivity index (χ2v) is 7.61. The number of aromatic nitrogens is 1. The van der Waals surface area contributed by atoms with Gasteiger partial charge in [0.05, 0.1) is 18.4 Å². The lowest BCUT2D eigenvalue weighted by Crippen LogP contribution is -2.22. The molecule has 0 radical (unpaired) electrons. The first kappa shape index (κ1) is 21.0. The number of hydrogen-bond acceptors (Lipinski definition) is 6. The molecule has 1 amide bonds. The van der Waals surface area contributed by atoms with Crippen molar-refractivity contribution >= 4 is 40.3 Å². The van der Waals surface area contributed by atoms with Crippen LogP contribution in [0.1, 0.15) is 18.4 Å². The van der Waals surface area contributed by atoms with Crippen LogP contribution >= 0.6 is 11.6 Å². The molecule has 3 aromatic rings. The maximum atomic E-state index is 12.0. The summed E-state index contributed by atoms with van der Waals surface area (Å²) in [4.78, 5) is 19.3. The van der Waals surface area contributed by atoms with Crippen molar-refractivity contribution in [3.63, 3.8) is 0 Å². The minimum atomic E-state index is -0.618. The molecule has 8 nitrogen and oxygen atoms in total. The highest BCUT2D eigenvalue weighted by molar-refractivity contribution is 6.33. The fourth-order valence-electron chi connectivity index (χ4n) is 3.54. The number of oxime groups is 1. The number of halogens is 1. The van der Waals surface area contributed by atoms with Crippen molar-refractivity contribution in [1.29, 1.82) is 0 Å². The number of hydrogen-bond donors (Lipinski definition) is 1. The Morgan fingerprint density at radius 3 is 2.68 bits per heavy atom. The first-order valence-electron chi connectivity index (χ1n) is 10.0. The summed E-state index contributed by atoms with van der Waals surface area (Å²) < 4.78 is 1.80. The van der Waals surface area contributed by atoms with Gasteiger partial charge < -0.3 is 9.94 Å². The minimum Gasteiger partial charge on any atom is -0.493 e. The molecule has 0 saturated carbocycles. The Kier molecular flexibility index (Phi) is 6.59. The monoisotopic (exact) mass is 439 g/mol. The largest absolute Gasteiger partial charge is 0.493 e. The maximum Gasteiger partial charge on any atom is 0.304 e. The number of rotatable bonds is 7. The van der Waals surface area contributed by atoms with E-state index in [4.69, 9.17) is 16.4 Å². The SMILES string of the molecule is O=C(CON=Cc1ccccc1Cl)N=Nc1c(O)n(CN2CCCC2)c2ccccc12. The van der Waals surface area contributed by atoms with Gasteiger partial charge in [-0.25, -0.2) is 0 Å². The lowest BCUT2D eigenvalue weighted by molar-refractivity contribution is -0.122. The van der Waals surface area contributed by atoms with Crippen LogP contribution in [-0.2, 0) is 16.3 Å². The number of benzene rings is 2. The number of azo groups is 1. The van der Waals surface area contributed by atoms with Crippen molar-refractivity contribution in [1.82, 2.24) is 9.47 Å². The molecule has 1 saturated heterocycles. The average molecular weight is 440 g/mol. The smallest absolute Gasteiger partial charge is 0.304 e. The Morgan fingerprint density at radius 2 is 1.87 bits per heavy atom. The van der Waals surface area contributed by atoms with Crippen molar-refractivity contribution in [2.75, 3.05) is 19.7 Å². The van der Waals surface area contributed by atoms with E-state index in [0.717, 1.165) is 36.8 Å². The Labute approximate surface area is 184 Å². The number of para-hydroxylation sites is 1. The summed E-state index contributed by atoms with van der Waals surface area (Å²) in [5.41, 5.74) is 1.78. The molecule has 0 atom stereocenters. The topological polar surface area (TPSA) is 91.8 Å². The van der Waals surface area contributed by atoms with Crippen LogP contribution < -0.4 is 0 Å². The standard InChI is InChI=1S/C22H22ClN5O3/c23-18-9-3-1-7-16(18)13-24-31-14-20(29)25-26-21-17-8-2-4-10-19(17)28(22(21)30)15-27-11-5-6-12-27/h1-4,7-10,13,30H,5-6,11-12,14-15H2. The molecule has 2 heterocycles. The van der Waals surface area contributed by atoms with E-state index in [-0.39, 0.29) is 18.2 Å². The van der Waals surface area contributed by atoms with E-state index < -0.39 is 5.91 Å². The first-order chi connectivity index (χ1) is 15.1. The quantitative estimate of drug-likeness (QED) is 0.327. The van der Waals surface area contributed by atoms with Gasteiger partial charge in [0, 0.05) is 16.0 Å². The van der Waals surface area contributed by atoms with Crippen LogP contribution in [0.3, 0.4) is 0 Å². The third-order valence-electron chi connectivity index (χ3n) is 5.08. The summed E-state index contributed by atoms with van der Waals surface area (Å²) >= 11 is 6.03. The Hall–Kier alpha value is -3.23. The molecule has 1 aliphatic rings. The van der Waals surface area contributed by atoms with Gasteiger partial charge in [-0.1, -0.05) is 53.2 Å². The van der Waals surface area contributed by atoms with Gasteiger partial charge in [0.2, 0.25) is 5.88 Å². The number of carbonyl (C=O) groups is 1. The zero-order valence-electron chi connectivity index (χ0n) is 16.8. The number of nitrogens with zero attached hydrogens (tertiary/aromatic N) is 5. The van der Waals surface area contributed by atoms with Gasteiger partial charge >= 0.3 is 5.91 Å². The zero-order valence-corrected chi connectivity index (χ0v) is 17.6. The van der Waals surface area contributed by atoms with Crippen molar-refractivity contribution in [3.8, 4) is 5.88 Å². The summed E-state index contributed by atoms with van der Waals surface area (Å²) in [7, 11) is 0. The van der Waals surface area contributed by atoms with Crippen LogP contribution in [0, 0.1) is 0 Å². The molecule has 1 aliphatic heterocycles. The Morgan fingerprint density at radius 1 is 1.13 bits per heavy atom. The highest BCUT2D eigenvalue weighted by Gasteiger charge is 2.20. The predicted molar refractivity (Wildman–Crippen MR) is 119 cm³/mol. The number of likely N-dealkylation sites (tertiary alicyclic amines) is 1. The molecule has 0 aliphatic carbocycles. The second-order valence-electron chi connectivity index (χ2n) is 7.21. The minimum absolute atomic E-state index is 0.0118. The van der Waals surface area contributed by atoms with Crippen molar-refractivity contribution < 1.29 is 14.7 Å². The molecule has 1 fully saturated rings. The number of fused-ring (bicyclic) bond motifs is 1. The summed E-state index contributed by atoms with van der Waals surface area (Å²) in [5, 5.41) is 23.5. The van der Waals surface area contributed by atoms with E-state index in [0.29, 0.717) is 17.3 Å².